The normalized spacial score (nSPS) is 28.6. The van der Waals surface area contributed by atoms with Crippen molar-refractivity contribution in [2.24, 2.45) is 0 Å². The summed E-state index contributed by atoms with van der Waals surface area (Å²) in [5, 5.41) is 29.3. The average molecular weight is 325 g/mol. The van der Waals surface area contributed by atoms with Crippen LogP contribution in [0.3, 0.4) is 0 Å². The zero-order chi connectivity index (χ0) is 16.9. The summed E-state index contributed by atoms with van der Waals surface area (Å²) in [6, 6.07) is 0. The summed E-state index contributed by atoms with van der Waals surface area (Å²) in [7, 11) is 5.77. The van der Waals surface area contributed by atoms with Gasteiger partial charge >= 0.3 is 0 Å². The van der Waals surface area contributed by atoms with Crippen LogP contribution in [0.4, 0.5) is 11.8 Å². The number of nitrogens with zero attached hydrogens (tertiary/aromatic N) is 5. The average Bonchev–Trinajstić information content (AvgIpc) is 3.00. The van der Waals surface area contributed by atoms with Crippen molar-refractivity contribution in [1.29, 1.82) is 0 Å². The lowest BCUT2D eigenvalue weighted by Gasteiger charge is -2.22. The molecule has 3 heterocycles. The molecular formula is C13H21N6O4+. The van der Waals surface area contributed by atoms with Gasteiger partial charge in [-0.3, -0.25) is 9.05 Å². The number of fused-ring (bicyclic) bond motifs is 1. The molecule has 0 aliphatic carbocycles. The van der Waals surface area contributed by atoms with Gasteiger partial charge in [0, 0.05) is 0 Å². The van der Waals surface area contributed by atoms with E-state index >= 15 is 0 Å². The van der Waals surface area contributed by atoms with Crippen molar-refractivity contribution < 1.29 is 20.1 Å². The van der Waals surface area contributed by atoms with Gasteiger partial charge in [0.25, 0.3) is 5.82 Å². The van der Waals surface area contributed by atoms with Crippen LogP contribution in [0.5, 0.6) is 0 Å². The molecule has 0 amide bonds. The number of hydrogen-bond acceptors (Lipinski definition) is 8. The highest BCUT2D eigenvalue weighted by Gasteiger charge is 2.44. The number of nitrogens with two attached hydrogens (primary N) is 1. The van der Waals surface area contributed by atoms with Crippen LogP contribution in [0.25, 0.3) is 11.2 Å². The largest absolute Gasteiger partial charge is 0.394 e. The van der Waals surface area contributed by atoms with Gasteiger partial charge in [-0.15, -0.1) is 0 Å². The molecule has 2 aromatic rings. The third-order valence-electron chi connectivity index (χ3n) is 3.85. The maximum atomic E-state index is 10.2. The first-order valence-electron chi connectivity index (χ1n) is 7.18. The Hall–Kier alpha value is -1.85. The number of nitrogen functional groups attached to an aromatic ring is 1. The zero-order valence-corrected chi connectivity index (χ0v) is 13.2. The molecular weight excluding hydrogens is 304 g/mol. The highest BCUT2D eigenvalue weighted by molar-refractivity contribution is 5.83. The predicted molar refractivity (Wildman–Crippen MR) is 82.3 cm³/mol. The highest BCUT2D eigenvalue weighted by Crippen LogP contribution is 2.33. The lowest BCUT2D eigenvalue weighted by molar-refractivity contribution is -0.0511. The fourth-order valence-electron chi connectivity index (χ4n) is 2.68. The molecule has 5 N–H and O–H groups in total. The van der Waals surface area contributed by atoms with Gasteiger partial charge < -0.3 is 25.8 Å². The molecule has 0 bridgehead atoms. The molecule has 0 spiro atoms. The minimum atomic E-state index is -1.21. The summed E-state index contributed by atoms with van der Waals surface area (Å²) in [6.45, 7) is -0.400. The first kappa shape index (κ1) is 16.0. The van der Waals surface area contributed by atoms with Gasteiger partial charge in [-0.25, -0.2) is 4.98 Å². The van der Waals surface area contributed by atoms with Crippen molar-refractivity contribution in [1.82, 2.24) is 24.0 Å². The van der Waals surface area contributed by atoms with E-state index in [4.69, 9.17) is 10.5 Å². The molecule has 0 saturated carbocycles. The second kappa shape index (κ2) is 5.35. The fourth-order valence-corrected chi connectivity index (χ4v) is 2.68. The van der Waals surface area contributed by atoms with E-state index in [1.54, 1.807) is 0 Å². The quantitative estimate of drug-likeness (QED) is 0.486. The van der Waals surface area contributed by atoms with E-state index in [2.05, 4.69) is 15.0 Å². The van der Waals surface area contributed by atoms with Gasteiger partial charge in [0.2, 0.25) is 5.95 Å². The smallest absolute Gasteiger partial charge is 0.260 e. The Kier molecular flexibility index (Phi) is 3.73. The Balaban J connectivity index is 2.12. The van der Waals surface area contributed by atoms with Gasteiger partial charge in [-0.1, -0.05) is 0 Å². The Bertz CT molecular complexity index is 727. The van der Waals surface area contributed by atoms with Crippen molar-refractivity contribution in [2.75, 3.05) is 33.5 Å². The maximum Gasteiger partial charge on any atom is 0.260 e. The Morgan fingerprint density at radius 3 is 2.52 bits per heavy atom. The van der Waals surface area contributed by atoms with Crippen molar-refractivity contribution in [3.8, 4) is 0 Å². The second-order valence-corrected chi connectivity index (χ2v) is 6.47. The minimum Gasteiger partial charge on any atom is -0.394 e. The van der Waals surface area contributed by atoms with Crippen LogP contribution in [-0.2, 0) is 4.74 Å². The lowest BCUT2D eigenvalue weighted by atomic mass is 10.1. The van der Waals surface area contributed by atoms with E-state index < -0.39 is 31.1 Å². The molecule has 1 fully saturated rings. The monoisotopic (exact) mass is 325 g/mol. The molecule has 1 saturated heterocycles. The third-order valence-corrected chi connectivity index (χ3v) is 3.85. The van der Waals surface area contributed by atoms with Crippen LogP contribution < -0.4 is 10.2 Å². The van der Waals surface area contributed by atoms with Crippen LogP contribution >= 0.6 is 0 Å². The molecule has 10 heteroatoms. The molecule has 0 aromatic carbocycles. The number of ether oxygens (including phenoxy) is 1. The number of anilines is 1. The summed E-state index contributed by atoms with van der Waals surface area (Å²) in [5.74, 6) is 0.701. The van der Waals surface area contributed by atoms with Crippen LogP contribution in [0.15, 0.2) is 6.33 Å². The van der Waals surface area contributed by atoms with Gasteiger partial charge in [-0.05, 0) is 0 Å². The standard InChI is InChI=1S/C13H21N6O4/c1-19(2,3)11-7-10(16-13(14)17-11)18(5-15-7)12-9(22)8(21)6(4-20)23-12/h5-6,8-9,12,20-22H,4H2,1-3H3,(H2,14,16,17)/q+1/t6-,8+,9+,12-/m0/s1. The topological polar surface area (TPSA) is 140 Å². The number of imidazole rings is 1. The van der Waals surface area contributed by atoms with E-state index in [1.165, 1.54) is 10.9 Å². The number of aromatic nitrogens is 4. The molecule has 10 nitrogen and oxygen atoms in total. The second-order valence-electron chi connectivity index (χ2n) is 6.47. The van der Waals surface area contributed by atoms with Gasteiger partial charge in [0.05, 0.1) is 34.1 Å². The molecule has 0 radical (unpaired) electrons. The van der Waals surface area contributed by atoms with E-state index in [1.807, 2.05) is 21.1 Å². The van der Waals surface area contributed by atoms with Crippen molar-refractivity contribution in [3.63, 3.8) is 0 Å². The van der Waals surface area contributed by atoms with E-state index in [9.17, 15) is 15.3 Å². The first-order valence-corrected chi connectivity index (χ1v) is 7.18. The molecule has 2 aromatic heterocycles. The summed E-state index contributed by atoms with van der Waals surface area (Å²) in [4.78, 5) is 12.7. The minimum absolute atomic E-state index is 0.0778. The fraction of sp³-hybridized carbons (Fsp3) is 0.615. The first-order chi connectivity index (χ1) is 10.7. The van der Waals surface area contributed by atoms with Crippen LogP contribution in [0.2, 0.25) is 0 Å². The Morgan fingerprint density at radius 2 is 1.96 bits per heavy atom. The maximum absolute atomic E-state index is 10.2. The van der Waals surface area contributed by atoms with Crippen LogP contribution in [0, 0.1) is 0 Å². The number of quaternary nitrogens is 1. The summed E-state index contributed by atoms with van der Waals surface area (Å²) in [5.41, 5.74) is 6.73. The molecule has 1 aliphatic rings. The number of hydrogen-bond donors (Lipinski definition) is 4. The number of aliphatic hydroxyl groups is 3. The lowest BCUT2D eigenvalue weighted by Crippen LogP contribution is -2.36. The Labute approximate surface area is 132 Å². The predicted octanol–water partition coefficient (Wildman–Crippen LogP) is -1.78. The van der Waals surface area contributed by atoms with Crippen molar-refractivity contribution >= 4 is 22.9 Å². The van der Waals surface area contributed by atoms with E-state index in [0.717, 1.165) is 0 Å². The summed E-state index contributed by atoms with van der Waals surface area (Å²) >= 11 is 0. The molecule has 3 rings (SSSR count). The summed E-state index contributed by atoms with van der Waals surface area (Å²) < 4.78 is 7.40. The van der Waals surface area contributed by atoms with Crippen molar-refractivity contribution in [2.45, 2.75) is 24.5 Å². The SMILES string of the molecule is C[N+](C)(C)c1nc(N)nc2c1ncn2[C@H]1O[C@@H](CO)[C@@H](O)[C@H]1O. The van der Waals surface area contributed by atoms with Gasteiger partial charge in [0.1, 0.15) is 18.3 Å². The summed E-state index contributed by atoms with van der Waals surface area (Å²) in [6.07, 6.45) is -2.74. The van der Waals surface area contributed by atoms with Gasteiger partial charge in [0.15, 0.2) is 17.4 Å². The van der Waals surface area contributed by atoms with Gasteiger partial charge in [-0.2, -0.15) is 9.97 Å². The molecule has 4 atom stereocenters. The van der Waals surface area contributed by atoms with Crippen LogP contribution in [0.1, 0.15) is 6.23 Å². The van der Waals surface area contributed by atoms with E-state index in [0.29, 0.717) is 21.5 Å². The molecule has 1 aliphatic heterocycles. The molecule has 23 heavy (non-hydrogen) atoms. The molecule has 0 unspecified atom stereocenters. The van der Waals surface area contributed by atoms with Crippen molar-refractivity contribution in [3.05, 3.63) is 6.33 Å². The number of rotatable bonds is 3. The third kappa shape index (κ3) is 2.54. The Morgan fingerprint density at radius 1 is 1.26 bits per heavy atom. The number of aliphatic hydroxyl groups excluding tert-OH is 3. The zero-order valence-electron chi connectivity index (χ0n) is 13.2. The molecule has 126 valence electrons. The van der Waals surface area contributed by atoms with Crippen LogP contribution in [-0.4, -0.2) is 80.9 Å². The van der Waals surface area contributed by atoms with E-state index in [-0.39, 0.29) is 5.95 Å². The highest BCUT2D eigenvalue weighted by atomic mass is 16.6.